The monoisotopic (exact) mass is 293 g/mol. The van der Waals surface area contributed by atoms with Crippen LogP contribution in [0.2, 0.25) is 0 Å². The summed E-state index contributed by atoms with van der Waals surface area (Å²) in [4.78, 5) is 0. The molecule has 0 saturated heterocycles. The molecule has 0 aliphatic heterocycles. The molecule has 1 heterocycles. The molecule has 0 bridgehead atoms. The van der Waals surface area contributed by atoms with E-state index in [-0.39, 0.29) is 0 Å². The molecule has 0 aliphatic carbocycles. The number of anilines is 1. The van der Waals surface area contributed by atoms with Crippen LogP contribution in [0.1, 0.15) is 13.3 Å². The summed E-state index contributed by atoms with van der Waals surface area (Å²) in [7, 11) is 0. The van der Waals surface area contributed by atoms with Crippen molar-refractivity contribution in [1.29, 1.82) is 0 Å². The van der Waals surface area contributed by atoms with E-state index in [1.165, 1.54) is 0 Å². The summed E-state index contributed by atoms with van der Waals surface area (Å²) in [5.41, 5.74) is 10.4. The predicted octanol–water partition coefficient (Wildman–Crippen LogP) is 4.11. The average Bonchev–Trinajstić information content (AvgIpc) is 3.04. The predicted molar refractivity (Wildman–Crippen MR) is 89.7 cm³/mol. The number of nitrogen functional groups attached to an aromatic ring is 1. The Balaban J connectivity index is 1.85. The van der Waals surface area contributed by atoms with Gasteiger partial charge in [-0.25, -0.2) is 0 Å². The lowest BCUT2D eigenvalue weighted by atomic mass is 10.1. The van der Waals surface area contributed by atoms with Crippen molar-refractivity contribution in [3.63, 3.8) is 0 Å². The third-order valence-corrected chi connectivity index (χ3v) is 3.40. The van der Waals surface area contributed by atoms with E-state index < -0.39 is 0 Å². The Morgan fingerprint density at radius 2 is 1.86 bits per heavy atom. The lowest BCUT2D eigenvalue weighted by Gasteiger charge is -2.05. The maximum absolute atomic E-state index is 5.72. The first-order valence-corrected chi connectivity index (χ1v) is 7.41. The third-order valence-electron chi connectivity index (χ3n) is 3.40. The summed E-state index contributed by atoms with van der Waals surface area (Å²) in [6.07, 6.45) is 0.994. The number of nitrogens with two attached hydrogens (primary N) is 1. The van der Waals surface area contributed by atoms with Crippen LogP contribution in [0.3, 0.4) is 0 Å². The molecule has 0 unspecified atom stereocenters. The Bertz CT molecular complexity index is 747. The van der Waals surface area contributed by atoms with Crippen LogP contribution in [0.15, 0.2) is 54.6 Å². The number of hydrogen-bond donors (Lipinski definition) is 2. The fourth-order valence-corrected chi connectivity index (χ4v) is 2.25. The first-order valence-electron chi connectivity index (χ1n) is 7.41. The van der Waals surface area contributed by atoms with Gasteiger partial charge in [0, 0.05) is 11.3 Å². The Kier molecular flexibility index (Phi) is 4.10. The number of ether oxygens (including phenoxy) is 1. The highest BCUT2D eigenvalue weighted by Gasteiger charge is 2.07. The summed E-state index contributed by atoms with van der Waals surface area (Å²) in [5.74, 6) is 0.872. The maximum atomic E-state index is 5.72. The van der Waals surface area contributed by atoms with E-state index in [0.29, 0.717) is 0 Å². The summed E-state index contributed by atoms with van der Waals surface area (Å²) < 4.78 is 5.67. The molecule has 2 aromatic carbocycles. The largest absolute Gasteiger partial charge is 0.494 e. The number of benzene rings is 2. The van der Waals surface area contributed by atoms with Gasteiger partial charge in [-0.1, -0.05) is 31.2 Å². The number of H-pyrrole nitrogens is 1. The quantitative estimate of drug-likeness (QED) is 0.696. The van der Waals surface area contributed by atoms with Gasteiger partial charge in [0.1, 0.15) is 5.75 Å². The maximum Gasteiger partial charge on any atom is 0.119 e. The molecule has 0 radical (unpaired) electrons. The first-order chi connectivity index (χ1) is 10.8. The lowest BCUT2D eigenvalue weighted by Crippen LogP contribution is -1.94. The van der Waals surface area contributed by atoms with Gasteiger partial charge in [-0.3, -0.25) is 5.10 Å². The van der Waals surface area contributed by atoms with Crippen LogP contribution < -0.4 is 10.5 Å². The number of hydrogen-bond acceptors (Lipinski definition) is 3. The standard InChI is InChI=1S/C18H19N3O/c1-2-10-22-16-5-3-4-14(11-16)18-12-17(20-21-18)13-6-8-15(19)9-7-13/h3-9,11-12H,2,10,19H2,1H3,(H,20,21). The number of nitrogens with zero attached hydrogens (tertiary/aromatic N) is 1. The van der Waals surface area contributed by atoms with Crippen molar-refractivity contribution in [1.82, 2.24) is 10.2 Å². The van der Waals surface area contributed by atoms with Crippen LogP contribution in [-0.2, 0) is 0 Å². The SMILES string of the molecule is CCCOc1cccc(-c2cc(-c3ccc(N)cc3)[nH]n2)c1. The van der Waals surface area contributed by atoms with Crippen molar-refractivity contribution < 1.29 is 4.74 Å². The molecule has 0 fully saturated rings. The molecule has 1 aromatic heterocycles. The second-order valence-electron chi connectivity index (χ2n) is 5.17. The molecule has 0 saturated carbocycles. The highest BCUT2D eigenvalue weighted by atomic mass is 16.5. The molecule has 0 aliphatic rings. The van der Waals surface area contributed by atoms with E-state index in [4.69, 9.17) is 10.5 Å². The highest BCUT2D eigenvalue weighted by Crippen LogP contribution is 2.26. The minimum Gasteiger partial charge on any atom is -0.494 e. The van der Waals surface area contributed by atoms with Crippen LogP contribution >= 0.6 is 0 Å². The number of aromatic nitrogens is 2. The van der Waals surface area contributed by atoms with Gasteiger partial charge in [-0.05, 0) is 42.3 Å². The van der Waals surface area contributed by atoms with Crippen molar-refractivity contribution in [3.8, 4) is 28.3 Å². The van der Waals surface area contributed by atoms with Crippen molar-refractivity contribution in [2.45, 2.75) is 13.3 Å². The van der Waals surface area contributed by atoms with E-state index in [1.807, 2.05) is 54.6 Å². The first kappa shape index (κ1) is 14.2. The molecule has 3 N–H and O–H groups in total. The molecule has 4 heteroatoms. The fourth-order valence-electron chi connectivity index (χ4n) is 2.25. The van der Waals surface area contributed by atoms with Gasteiger partial charge < -0.3 is 10.5 Å². The topological polar surface area (TPSA) is 63.9 Å². The minimum atomic E-state index is 0.723. The molecule has 3 aromatic rings. The molecular weight excluding hydrogens is 274 g/mol. The Morgan fingerprint density at radius 3 is 2.64 bits per heavy atom. The van der Waals surface area contributed by atoms with Crippen LogP contribution in [-0.4, -0.2) is 16.8 Å². The summed E-state index contributed by atoms with van der Waals surface area (Å²) >= 11 is 0. The van der Waals surface area contributed by atoms with E-state index in [9.17, 15) is 0 Å². The molecule has 3 rings (SSSR count). The second-order valence-corrected chi connectivity index (χ2v) is 5.17. The highest BCUT2D eigenvalue weighted by molar-refractivity contribution is 5.69. The third kappa shape index (κ3) is 3.11. The van der Waals surface area contributed by atoms with Gasteiger partial charge >= 0.3 is 0 Å². The van der Waals surface area contributed by atoms with E-state index in [0.717, 1.165) is 47.0 Å². The van der Waals surface area contributed by atoms with Crippen molar-refractivity contribution in [3.05, 3.63) is 54.6 Å². The fraction of sp³-hybridized carbons (Fsp3) is 0.167. The zero-order valence-corrected chi connectivity index (χ0v) is 12.5. The van der Waals surface area contributed by atoms with Crippen molar-refractivity contribution in [2.75, 3.05) is 12.3 Å². The average molecular weight is 293 g/mol. The van der Waals surface area contributed by atoms with Gasteiger partial charge in [0.25, 0.3) is 0 Å². The minimum absolute atomic E-state index is 0.723. The summed E-state index contributed by atoms with van der Waals surface area (Å²) in [6, 6.07) is 17.8. The van der Waals surface area contributed by atoms with E-state index in [1.54, 1.807) is 0 Å². The second kappa shape index (κ2) is 6.35. The molecular formula is C18H19N3O. The zero-order chi connectivity index (χ0) is 15.4. The van der Waals surface area contributed by atoms with Crippen LogP contribution in [0.5, 0.6) is 5.75 Å². The molecule has 0 amide bonds. The summed E-state index contributed by atoms with van der Waals surface area (Å²) in [6.45, 7) is 2.82. The molecule has 112 valence electrons. The van der Waals surface area contributed by atoms with Crippen molar-refractivity contribution >= 4 is 5.69 Å². The molecule has 4 nitrogen and oxygen atoms in total. The summed E-state index contributed by atoms with van der Waals surface area (Å²) in [5, 5.41) is 7.47. The Morgan fingerprint density at radius 1 is 1.05 bits per heavy atom. The van der Waals surface area contributed by atoms with Gasteiger partial charge in [0.15, 0.2) is 0 Å². The van der Waals surface area contributed by atoms with E-state index >= 15 is 0 Å². The number of rotatable bonds is 5. The zero-order valence-electron chi connectivity index (χ0n) is 12.5. The Labute approximate surface area is 129 Å². The van der Waals surface area contributed by atoms with Crippen LogP contribution in [0, 0.1) is 0 Å². The molecule has 22 heavy (non-hydrogen) atoms. The smallest absolute Gasteiger partial charge is 0.119 e. The lowest BCUT2D eigenvalue weighted by molar-refractivity contribution is 0.317. The van der Waals surface area contributed by atoms with Crippen LogP contribution in [0.25, 0.3) is 22.5 Å². The van der Waals surface area contributed by atoms with Gasteiger partial charge in [-0.15, -0.1) is 0 Å². The van der Waals surface area contributed by atoms with Gasteiger partial charge in [0.2, 0.25) is 0 Å². The van der Waals surface area contributed by atoms with Gasteiger partial charge in [-0.2, -0.15) is 5.10 Å². The van der Waals surface area contributed by atoms with Crippen LogP contribution in [0.4, 0.5) is 5.69 Å². The van der Waals surface area contributed by atoms with Gasteiger partial charge in [0.05, 0.1) is 18.0 Å². The molecule has 0 atom stereocenters. The normalized spacial score (nSPS) is 10.6. The molecule has 0 spiro atoms. The van der Waals surface area contributed by atoms with E-state index in [2.05, 4.69) is 17.1 Å². The Hall–Kier alpha value is -2.75. The number of aromatic amines is 1. The number of nitrogens with one attached hydrogen (secondary N) is 1. The van der Waals surface area contributed by atoms with Crippen molar-refractivity contribution in [2.24, 2.45) is 0 Å².